The Morgan fingerprint density at radius 1 is 0.912 bits per heavy atom. The van der Waals surface area contributed by atoms with Gasteiger partial charge >= 0.3 is 12.2 Å². The van der Waals surface area contributed by atoms with Crippen LogP contribution in [-0.4, -0.2) is 84.5 Å². The van der Waals surface area contributed by atoms with Crippen molar-refractivity contribution >= 4 is 20.5 Å². The first kappa shape index (κ1) is 28.9. The fourth-order valence-electron chi connectivity index (χ4n) is 4.23. The predicted molar refractivity (Wildman–Crippen MR) is 135 cm³/mol. The van der Waals surface area contributed by atoms with Crippen molar-refractivity contribution in [3.63, 3.8) is 0 Å². The number of nitrogens with zero attached hydrogens (tertiary/aromatic N) is 2. The number of hydrogen-bond acceptors (Lipinski definition) is 6. The lowest BCUT2D eigenvalue weighted by Crippen LogP contribution is -2.48. The van der Waals surface area contributed by atoms with Crippen LogP contribution in [0.5, 0.6) is 0 Å². The monoisotopic (exact) mass is 500 g/mol. The van der Waals surface area contributed by atoms with Gasteiger partial charge in [-0.15, -0.1) is 0 Å². The Labute approximate surface area is 207 Å². The maximum atomic E-state index is 13.1. The zero-order valence-electron chi connectivity index (χ0n) is 23.2. The van der Waals surface area contributed by atoms with Gasteiger partial charge in [0.05, 0.1) is 18.2 Å². The first-order valence-corrected chi connectivity index (χ1v) is 15.4. The summed E-state index contributed by atoms with van der Waals surface area (Å²) in [5.74, 6) is -0.144. The molecule has 2 saturated heterocycles. The summed E-state index contributed by atoms with van der Waals surface area (Å²) in [6.07, 6.45) is -0.524. The summed E-state index contributed by atoms with van der Waals surface area (Å²) in [4.78, 5) is 28.9. The summed E-state index contributed by atoms with van der Waals surface area (Å²) in [7, 11) is -2.06. The van der Waals surface area contributed by atoms with Gasteiger partial charge in [-0.3, -0.25) is 4.90 Å². The number of aliphatic hydroxyl groups is 1. The summed E-state index contributed by atoms with van der Waals surface area (Å²) < 4.78 is 17.8. The normalized spacial score (nSPS) is 25.5. The van der Waals surface area contributed by atoms with Crippen molar-refractivity contribution in [2.45, 2.75) is 123 Å². The fraction of sp³-hybridized carbons (Fsp3) is 0.920. The Morgan fingerprint density at radius 3 is 1.94 bits per heavy atom. The van der Waals surface area contributed by atoms with E-state index in [4.69, 9.17) is 13.9 Å². The van der Waals surface area contributed by atoms with Crippen LogP contribution in [0.25, 0.3) is 0 Å². The second kappa shape index (κ2) is 9.97. The zero-order valence-corrected chi connectivity index (χ0v) is 24.2. The Kier molecular flexibility index (Phi) is 8.48. The second-order valence-electron chi connectivity index (χ2n) is 13.4. The third kappa shape index (κ3) is 7.59. The zero-order chi connectivity index (χ0) is 26.3. The summed E-state index contributed by atoms with van der Waals surface area (Å²) in [6, 6.07) is -0.423. The number of carbonyl (C=O) groups is 2. The van der Waals surface area contributed by atoms with Crippen molar-refractivity contribution in [3.8, 4) is 0 Å². The van der Waals surface area contributed by atoms with Crippen LogP contribution in [-0.2, 0) is 13.9 Å². The molecule has 2 aliphatic rings. The molecule has 0 radical (unpaired) electrons. The van der Waals surface area contributed by atoms with Crippen LogP contribution in [0.1, 0.15) is 75.2 Å². The van der Waals surface area contributed by atoms with Gasteiger partial charge in [0, 0.05) is 25.6 Å². The maximum absolute atomic E-state index is 13.1. The highest BCUT2D eigenvalue weighted by atomic mass is 28.4. The van der Waals surface area contributed by atoms with Gasteiger partial charge in [0.2, 0.25) is 0 Å². The molecule has 1 N–H and O–H groups in total. The van der Waals surface area contributed by atoms with Gasteiger partial charge in [0.15, 0.2) is 8.32 Å². The smallest absolute Gasteiger partial charge is 0.410 e. The van der Waals surface area contributed by atoms with E-state index in [1.54, 1.807) is 9.80 Å². The van der Waals surface area contributed by atoms with Crippen LogP contribution in [0.4, 0.5) is 9.59 Å². The minimum Gasteiger partial charge on any atom is -0.444 e. The molecule has 2 aliphatic heterocycles. The van der Waals surface area contributed by atoms with Crippen LogP contribution >= 0.6 is 0 Å². The first-order valence-electron chi connectivity index (χ1n) is 12.5. The van der Waals surface area contributed by atoms with Crippen LogP contribution in [0.2, 0.25) is 18.1 Å². The molecule has 0 aromatic rings. The van der Waals surface area contributed by atoms with Gasteiger partial charge in [-0.2, -0.15) is 0 Å². The molecule has 0 aromatic carbocycles. The van der Waals surface area contributed by atoms with E-state index in [0.29, 0.717) is 32.5 Å². The number of ether oxygens (including phenoxy) is 2. The van der Waals surface area contributed by atoms with E-state index < -0.39 is 37.8 Å². The molecule has 2 fully saturated rings. The molecule has 0 spiro atoms. The molecular weight excluding hydrogens is 452 g/mol. The number of rotatable bonds is 4. The molecule has 0 aliphatic carbocycles. The number of carbonyl (C=O) groups excluding carboxylic acids is 2. The summed E-state index contributed by atoms with van der Waals surface area (Å²) >= 11 is 0. The largest absolute Gasteiger partial charge is 0.444 e. The SMILES string of the molecule is CC(C)(C)OC(=O)N1CCC(C(O)[C@@H]2C[C@H](O[Si](C)(C)C(C)(C)C)CN2C(=O)OC(C)(C)C)C1. The van der Waals surface area contributed by atoms with Crippen molar-refractivity contribution in [3.05, 3.63) is 0 Å². The van der Waals surface area contributed by atoms with Crippen LogP contribution in [0.3, 0.4) is 0 Å². The van der Waals surface area contributed by atoms with Crippen molar-refractivity contribution in [1.29, 1.82) is 0 Å². The third-order valence-corrected chi connectivity index (χ3v) is 11.5. The van der Waals surface area contributed by atoms with Gasteiger partial charge < -0.3 is 23.9 Å². The second-order valence-corrected chi connectivity index (χ2v) is 18.2. The molecule has 34 heavy (non-hydrogen) atoms. The van der Waals surface area contributed by atoms with E-state index >= 15 is 0 Å². The predicted octanol–water partition coefficient (Wildman–Crippen LogP) is 5.00. The van der Waals surface area contributed by atoms with E-state index in [1.807, 2.05) is 41.5 Å². The van der Waals surface area contributed by atoms with Crippen molar-refractivity contribution < 1.29 is 28.6 Å². The van der Waals surface area contributed by atoms with E-state index in [2.05, 4.69) is 33.9 Å². The van der Waals surface area contributed by atoms with Crippen LogP contribution in [0.15, 0.2) is 0 Å². The third-order valence-electron chi connectivity index (χ3n) is 6.95. The maximum Gasteiger partial charge on any atom is 0.410 e. The van der Waals surface area contributed by atoms with Gasteiger partial charge in [-0.1, -0.05) is 20.8 Å². The summed E-state index contributed by atoms with van der Waals surface area (Å²) in [5.41, 5.74) is -1.20. The molecule has 9 heteroatoms. The fourth-order valence-corrected chi connectivity index (χ4v) is 5.59. The first-order chi connectivity index (χ1) is 15.2. The molecule has 2 amide bonds. The Morgan fingerprint density at radius 2 is 1.44 bits per heavy atom. The van der Waals surface area contributed by atoms with Crippen LogP contribution in [0, 0.1) is 5.92 Å². The number of hydrogen-bond donors (Lipinski definition) is 1. The van der Waals surface area contributed by atoms with Crippen LogP contribution < -0.4 is 0 Å². The van der Waals surface area contributed by atoms with E-state index in [-0.39, 0.29) is 23.2 Å². The highest BCUT2D eigenvalue weighted by Crippen LogP contribution is 2.40. The average Bonchev–Trinajstić information content (AvgIpc) is 3.24. The highest BCUT2D eigenvalue weighted by Gasteiger charge is 2.48. The molecule has 0 bridgehead atoms. The molecule has 4 atom stereocenters. The molecule has 2 unspecified atom stereocenters. The van der Waals surface area contributed by atoms with Gasteiger partial charge in [0.1, 0.15) is 11.2 Å². The highest BCUT2D eigenvalue weighted by molar-refractivity contribution is 6.74. The van der Waals surface area contributed by atoms with Gasteiger partial charge in [0.25, 0.3) is 0 Å². The van der Waals surface area contributed by atoms with Gasteiger partial charge in [-0.25, -0.2) is 9.59 Å². The van der Waals surface area contributed by atoms with E-state index in [0.717, 1.165) is 0 Å². The standard InChI is InChI=1S/C25H48N2O6Si/c1-23(2,3)31-21(29)26-13-12-17(15-26)20(28)19-14-18(33-34(10,11)25(7,8)9)16-27(19)22(30)32-24(4,5)6/h17-20,28H,12-16H2,1-11H3/t17?,18-,19-,20?/m0/s1. The lowest BCUT2D eigenvalue weighted by molar-refractivity contribution is -0.00800. The van der Waals surface area contributed by atoms with Crippen molar-refractivity contribution in [2.24, 2.45) is 5.92 Å². The topological polar surface area (TPSA) is 88.5 Å². The number of likely N-dealkylation sites (tertiary alicyclic amines) is 2. The molecule has 2 heterocycles. The number of amides is 2. The van der Waals surface area contributed by atoms with E-state index in [1.165, 1.54) is 0 Å². The van der Waals surface area contributed by atoms with Gasteiger partial charge in [-0.05, 0) is 72.5 Å². The quantitative estimate of drug-likeness (QED) is 0.546. The van der Waals surface area contributed by atoms with E-state index in [9.17, 15) is 14.7 Å². The lowest BCUT2D eigenvalue weighted by Gasteiger charge is -2.38. The van der Waals surface area contributed by atoms with Crippen molar-refractivity contribution in [1.82, 2.24) is 9.80 Å². The lowest BCUT2D eigenvalue weighted by atomic mass is 9.93. The molecule has 0 saturated carbocycles. The molecule has 0 aromatic heterocycles. The summed E-state index contributed by atoms with van der Waals surface area (Å²) in [6.45, 7) is 23.3. The molecule has 8 nitrogen and oxygen atoms in total. The average molecular weight is 501 g/mol. The molecule has 198 valence electrons. The summed E-state index contributed by atoms with van der Waals surface area (Å²) in [5, 5.41) is 11.4. The minimum absolute atomic E-state index is 0.0415. The Bertz CT molecular complexity index is 737. The molecular formula is C25H48N2O6Si. The Balaban J connectivity index is 2.16. The Hall–Kier alpha value is -1.32. The molecule has 2 rings (SSSR count). The number of aliphatic hydroxyl groups excluding tert-OH is 1. The minimum atomic E-state index is -2.06. The van der Waals surface area contributed by atoms with Crippen molar-refractivity contribution in [2.75, 3.05) is 19.6 Å².